The summed E-state index contributed by atoms with van der Waals surface area (Å²) in [6.07, 6.45) is 3.98. The van der Waals surface area contributed by atoms with Gasteiger partial charge in [-0.05, 0) is 11.6 Å². The Labute approximate surface area is 102 Å². The summed E-state index contributed by atoms with van der Waals surface area (Å²) in [5.41, 5.74) is 0.956. The molecule has 0 saturated heterocycles. The molecule has 0 fully saturated rings. The number of aryl methyl sites for hydroxylation is 1. The first-order valence-electron chi connectivity index (χ1n) is 4.99. The minimum Gasteiger partial charge on any atom is -0.349 e. The number of aromatic nitrogens is 5. The molecule has 17 heavy (non-hydrogen) atoms. The maximum Gasteiger partial charge on any atom is 0.291 e. The molecular weight excluding hydrogens is 244 g/mol. The molecule has 2 N–H and O–H groups in total. The predicted molar refractivity (Wildman–Crippen MR) is 60.6 cm³/mol. The SMILES string of the molecule is Cn1nc(C(=O)NCCc2cnc[nH]2)nc1Cl. The van der Waals surface area contributed by atoms with Gasteiger partial charge >= 0.3 is 0 Å². The van der Waals surface area contributed by atoms with Crippen LogP contribution in [0.4, 0.5) is 0 Å². The maximum absolute atomic E-state index is 11.6. The maximum atomic E-state index is 11.6. The van der Waals surface area contributed by atoms with E-state index in [-0.39, 0.29) is 17.0 Å². The molecule has 2 heterocycles. The summed E-state index contributed by atoms with van der Waals surface area (Å²) in [5, 5.41) is 6.75. The minimum absolute atomic E-state index is 0.0714. The van der Waals surface area contributed by atoms with E-state index in [1.807, 2.05) is 0 Å². The van der Waals surface area contributed by atoms with Crippen LogP contribution >= 0.6 is 11.6 Å². The second-order valence-electron chi connectivity index (χ2n) is 3.41. The molecule has 2 aromatic rings. The van der Waals surface area contributed by atoms with Gasteiger partial charge in [0.1, 0.15) is 0 Å². The van der Waals surface area contributed by atoms with Crippen LogP contribution in [0.25, 0.3) is 0 Å². The number of carbonyl (C=O) groups excluding carboxylic acids is 1. The average molecular weight is 255 g/mol. The van der Waals surface area contributed by atoms with Crippen LogP contribution in [0.2, 0.25) is 5.28 Å². The number of hydrogen-bond acceptors (Lipinski definition) is 4. The average Bonchev–Trinajstić information content (AvgIpc) is 2.90. The van der Waals surface area contributed by atoms with Crippen LogP contribution in [0.5, 0.6) is 0 Å². The Morgan fingerprint density at radius 2 is 2.47 bits per heavy atom. The number of H-pyrrole nitrogens is 1. The quantitative estimate of drug-likeness (QED) is 0.814. The summed E-state index contributed by atoms with van der Waals surface area (Å²) in [7, 11) is 1.62. The van der Waals surface area contributed by atoms with Crippen molar-refractivity contribution in [2.45, 2.75) is 6.42 Å². The Kier molecular flexibility index (Phi) is 3.38. The monoisotopic (exact) mass is 254 g/mol. The van der Waals surface area contributed by atoms with Crippen LogP contribution in [0.1, 0.15) is 16.3 Å². The van der Waals surface area contributed by atoms with Crippen molar-refractivity contribution in [3.63, 3.8) is 0 Å². The lowest BCUT2D eigenvalue weighted by Gasteiger charge is -2.00. The number of aromatic amines is 1. The fraction of sp³-hybridized carbons (Fsp3) is 0.333. The molecule has 90 valence electrons. The van der Waals surface area contributed by atoms with E-state index in [2.05, 4.69) is 25.4 Å². The number of rotatable bonds is 4. The van der Waals surface area contributed by atoms with Crippen molar-refractivity contribution in [1.29, 1.82) is 0 Å². The van der Waals surface area contributed by atoms with Gasteiger partial charge in [-0.1, -0.05) is 0 Å². The molecule has 0 saturated carbocycles. The van der Waals surface area contributed by atoms with Gasteiger partial charge in [-0.25, -0.2) is 9.67 Å². The summed E-state index contributed by atoms with van der Waals surface area (Å²) in [6, 6.07) is 0. The molecule has 7 nitrogen and oxygen atoms in total. The third kappa shape index (κ3) is 2.82. The Morgan fingerprint density at radius 3 is 3.06 bits per heavy atom. The third-order valence-corrected chi connectivity index (χ3v) is 2.48. The van der Waals surface area contributed by atoms with Crippen molar-refractivity contribution in [1.82, 2.24) is 30.0 Å². The molecule has 2 aromatic heterocycles. The summed E-state index contributed by atoms with van der Waals surface area (Å²) in [5.74, 6) is -0.269. The Hall–Kier alpha value is -1.89. The number of nitrogens with one attached hydrogen (secondary N) is 2. The van der Waals surface area contributed by atoms with E-state index in [9.17, 15) is 4.79 Å². The highest BCUT2D eigenvalue weighted by molar-refractivity contribution is 6.28. The molecule has 0 radical (unpaired) electrons. The van der Waals surface area contributed by atoms with E-state index in [4.69, 9.17) is 11.6 Å². The number of amides is 1. The number of carbonyl (C=O) groups is 1. The zero-order chi connectivity index (χ0) is 12.3. The Balaban J connectivity index is 1.85. The van der Waals surface area contributed by atoms with Crippen LogP contribution in [0, 0.1) is 0 Å². The molecule has 8 heteroatoms. The summed E-state index contributed by atoms with van der Waals surface area (Å²) >= 11 is 5.68. The summed E-state index contributed by atoms with van der Waals surface area (Å²) in [4.78, 5) is 22.2. The van der Waals surface area contributed by atoms with Gasteiger partial charge in [0, 0.05) is 31.9 Å². The van der Waals surface area contributed by atoms with Crippen LogP contribution in [0.3, 0.4) is 0 Å². The lowest BCUT2D eigenvalue weighted by Crippen LogP contribution is -2.27. The topological polar surface area (TPSA) is 88.5 Å². The largest absolute Gasteiger partial charge is 0.349 e. The first kappa shape index (κ1) is 11.6. The second kappa shape index (κ2) is 4.96. The van der Waals surface area contributed by atoms with Crippen LogP contribution < -0.4 is 5.32 Å². The van der Waals surface area contributed by atoms with E-state index in [0.29, 0.717) is 13.0 Å². The first-order valence-corrected chi connectivity index (χ1v) is 5.36. The van der Waals surface area contributed by atoms with Gasteiger partial charge in [0.15, 0.2) is 0 Å². The van der Waals surface area contributed by atoms with E-state index < -0.39 is 0 Å². The molecule has 0 spiro atoms. The van der Waals surface area contributed by atoms with Crippen molar-refractivity contribution in [2.75, 3.05) is 6.54 Å². The van der Waals surface area contributed by atoms with Gasteiger partial charge in [-0.3, -0.25) is 4.79 Å². The lowest BCUT2D eigenvalue weighted by molar-refractivity contribution is 0.0943. The van der Waals surface area contributed by atoms with E-state index in [1.165, 1.54) is 4.68 Å². The molecule has 0 unspecified atom stereocenters. The van der Waals surface area contributed by atoms with Crippen LogP contribution in [-0.4, -0.2) is 37.2 Å². The van der Waals surface area contributed by atoms with Crippen molar-refractivity contribution < 1.29 is 4.79 Å². The molecule has 2 rings (SSSR count). The summed E-state index contributed by atoms with van der Waals surface area (Å²) in [6.45, 7) is 0.483. The molecule has 0 aliphatic heterocycles. The molecule has 1 amide bonds. The van der Waals surface area contributed by atoms with Gasteiger partial charge in [0.25, 0.3) is 5.91 Å². The van der Waals surface area contributed by atoms with Crippen molar-refractivity contribution in [2.24, 2.45) is 7.05 Å². The highest BCUT2D eigenvalue weighted by Gasteiger charge is 2.12. The Morgan fingerprint density at radius 1 is 1.65 bits per heavy atom. The fourth-order valence-electron chi connectivity index (χ4n) is 1.27. The highest BCUT2D eigenvalue weighted by Crippen LogP contribution is 2.02. The molecule has 0 aliphatic carbocycles. The van der Waals surface area contributed by atoms with Crippen LogP contribution in [-0.2, 0) is 13.5 Å². The minimum atomic E-state index is -0.341. The smallest absolute Gasteiger partial charge is 0.291 e. The lowest BCUT2D eigenvalue weighted by atomic mass is 10.3. The number of nitrogens with zero attached hydrogens (tertiary/aromatic N) is 4. The highest BCUT2D eigenvalue weighted by atomic mass is 35.5. The number of imidazole rings is 1. The van der Waals surface area contributed by atoms with Gasteiger partial charge in [0.05, 0.1) is 6.33 Å². The fourth-order valence-corrected chi connectivity index (χ4v) is 1.39. The third-order valence-electron chi connectivity index (χ3n) is 2.15. The zero-order valence-electron chi connectivity index (χ0n) is 9.14. The standard InChI is InChI=1S/C9H11ClN6O/c1-16-9(10)14-7(15-16)8(17)12-3-2-6-4-11-5-13-6/h4-5H,2-3H2,1H3,(H,11,13)(H,12,17). The second-order valence-corrected chi connectivity index (χ2v) is 3.75. The van der Waals surface area contributed by atoms with Gasteiger partial charge < -0.3 is 10.3 Å². The Bertz CT molecular complexity index is 486. The van der Waals surface area contributed by atoms with Crippen molar-refractivity contribution >= 4 is 17.5 Å². The zero-order valence-corrected chi connectivity index (χ0v) is 9.90. The molecule has 0 aliphatic rings. The number of hydrogen-bond donors (Lipinski definition) is 2. The normalized spacial score (nSPS) is 10.5. The van der Waals surface area contributed by atoms with Gasteiger partial charge in [0.2, 0.25) is 11.1 Å². The van der Waals surface area contributed by atoms with E-state index in [1.54, 1.807) is 19.6 Å². The van der Waals surface area contributed by atoms with Gasteiger partial charge in [-0.15, -0.1) is 5.10 Å². The van der Waals surface area contributed by atoms with E-state index in [0.717, 1.165) is 5.69 Å². The van der Waals surface area contributed by atoms with Crippen molar-refractivity contribution in [3.8, 4) is 0 Å². The van der Waals surface area contributed by atoms with Crippen LogP contribution in [0.15, 0.2) is 12.5 Å². The number of halogens is 1. The predicted octanol–water partition coefficient (Wildman–Crippen LogP) is 0.164. The molecular formula is C9H11ClN6O. The first-order chi connectivity index (χ1) is 8.16. The molecule has 0 aromatic carbocycles. The molecule has 0 bridgehead atoms. The van der Waals surface area contributed by atoms with Crippen molar-refractivity contribution in [3.05, 3.63) is 29.3 Å². The molecule has 0 atom stereocenters. The van der Waals surface area contributed by atoms with Gasteiger partial charge in [-0.2, -0.15) is 4.98 Å². The summed E-state index contributed by atoms with van der Waals surface area (Å²) < 4.78 is 1.34. The van der Waals surface area contributed by atoms with E-state index >= 15 is 0 Å².